The number of hydrogen-bond acceptors (Lipinski definition) is 3. The number of phenols is 1. The Balaban J connectivity index is 1.59. The second-order valence-electron chi connectivity index (χ2n) is 19.3. The highest BCUT2D eigenvalue weighted by Gasteiger charge is 2.30. The van der Waals surface area contributed by atoms with Gasteiger partial charge in [-0.1, -0.05) is 181 Å². The maximum Gasteiger partial charge on any atom is 0.149 e. The summed E-state index contributed by atoms with van der Waals surface area (Å²) in [6, 6.07) is 38.3. The van der Waals surface area contributed by atoms with E-state index in [4.69, 9.17) is 36.0 Å². The molecule has 0 amide bonds. The summed E-state index contributed by atoms with van der Waals surface area (Å²) < 4.78 is 169. The number of nitrogens with zero attached hydrogens (tertiary/aromatic N) is 3. The summed E-state index contributed by atoms with van der Waals surface area (Å²) in [5.41, 5.74) is -3.79. The lowest BCUT2D eigenvalue weighted by Crippen LogP contribution is -2.17. The average molecular weight is 877 g/mol. The molecule has 0 aliphatic carbocycles. The lowest BCUT2D eigenvalue weighted by Gasteiger charge is -2.27. The number of aromatic hydroxyl groups is 1. The van der Waals surface area contributed by atoms with Crippen LogP contribution in [0.3, 0.4) is 0 Å². The predicted molar refractivity (Wildman–Crippen MR) is 277 cm³/mol. The Labute approximate surface area is 415 Å². The predicted octanol–water partition coefficient (Wildman–Crippen LogP) is 16.8. The molecule has 0 bridgehead atoms. The van der Waals surface area contributed by atoms with Crippen LogP contribution in [-0.4, -0.2) is 19.6 Å². The van der Waals surface area contributed by atoms with E-state index >= 15 is 0 Å². The third-order valence-electron chi connectivity index (χ3n) is 12.0. The minimum atomic E-state index is -4.16. The van der Waals surface area contributed by atoms with Gasteiger partial charge in [0, 0.05) is 54.5 Å². The number of rotatable bonds is 7. The van der Waals surface area contributed by atoms with E-state index < -0.39 is 91.5 Å². The molecule has 0 saturated carbocycles. The van der Waals surface area contributed by atoms with Gasteiger partial charge in [-0.2, -0.15) is 0 Å². The second kappa shape index (κ2) is 16.6. The zero-order chi connectivity index (χ0) is 62.7. The molecule has 2 heterocycles. The van der Waals surface area contributed by atoms with E-state index in [1.165, 1.54) is 10.1 Å². The van der Waals surface area contributed by atoms with Crippen LogP contribution in [0.25, 0.3) is 72.7 Å². The lowest BCUT2D eigenvalue weighted by molar-refractivity contribution is 0.446. The summed E-state index contributed by atoms with van der Waals surface area (Å²) in [6.07, 6.45) is 1.73. The molecule has 0 atom stereocenters. The minimum Gasteiger partial charge on any atom is -0.507 e. The van der Waals surface area contributed by atoms with Crippen molar-refractivity contribution in [2.75, 3.05) is 0 Å². The third-order valence-corrected chi connectivity index (χ3v) is 12.0. The van der Waals surface area contributed by atoms with Crippen LogP contribution in [0.2, 0.25) is 0 Å². The van der Waals surface area contributed by atoms with Gasteiger partial charge in [0.05, 0.1) is 28.0 Å². The summed E-state index contributed by atoms with van der Waals surface area (Å²) in [6.45, 7) is -8.71. The van der Waals surface area contributed by atoms with Gasteiger partial charge >= 0.3 is 0 Å². The molecule has 0 radical (unpaired) electrons. The Hall–Kier alpha value is -6.26. The number of benzene rings is 6. The van der Waals surface area contributed by atoms with Crippen LogP contribution in [0.1, 0.15) is 156 Å². The molecule has 8 rings (SSSR count). The van der Waals surface area contributed by atoms with Gasteiger partial charge in [0.1, 0.15) is 11.6 Å². The second-order valence-corrected chi connectivity index (χ2v) is 19.3. The number of aromatic nitrogens is 3. The van der Waals surface area contributed by atoms with Crippen LogP contribution in [0, 0.1) is 0 Å². The van der Waals surface area contributed by atoms with E-state index in [1.807, 2.05) is 51.1 Å². The fourth-order valence-corrected chi connectivity index (χ4v) is 8.25. The van der Waals surface area contributed by atoms with Crippen molar-refractivity contribution in [1.82, 2.24) is 14.5 Å². The molecule has 1 N–H and O–H groups in total. The molecule has 4 nitrogen and oxygen atoms in total. The van der Waals surface area contributed by atoms with Gasteiger partial charge in [0.2, 0.25) is 0 Å². The molecule has 0 unspecified atom stereocenters. The fraction of sp³-hybridized carbons (Fsp3) is 0.311. The summed E-state index contributed by atoms with van der Waals surface area (Å²) in [7, 11) is 0. The minimum absolute atomic E-state index is 0.0668. The first-order valence-electron chi connectivity index (χ1n) is 31.1. The molecule has 0 spiro atoms. The van der Waals surface area contributed by atoms with Crippen LogP contribution in [0.4, 0.5) is 0 Å². The molecule has 0 fully saturated rings. The van der Waals surface area contributed by atoms with Crippen LogP contribution in [-0.2, 0) is 21.7 Å². The first-order chi connectivity index (χ1) is 38.3. The molecule has 2 aromatic heterocycles. The number of para-hydroxylation sites is 1. The van der Waals surface area contributed by atoms with Crippen molar-refractivity contribution in [1.29, 1.82) is 0 Å². The largest absolute Gasteiger partial charge is 0.507 e. The first kappa shape index (κ1) is 27.3. The maximum atomic E-state index is 13.1. The number of pyridine rings is 1. The first-order valence-corrected chi connectivity index (χ1v) is 21.6. The standard InChI is InChI=1S/C61H67N3O/c1-38(2)41-25-28-53(49(34-41)40-19-16-15-17-20-40)64-54-22-18-21-48(55(54)63-57(64)50-36-47(60(9,10)11)37-51(56(50)65)61(12,13)14)43-31-44(33-46(32-43)59(6,7)8)52-35-42(29-30-62-52)39-23-26-45(27-24-39)58(3,4)5/h15-38,65H,1-14H3/i9D3,10D3,11D3,12D3,13D3,14D3,38D. The smallest absolute Gasteiger partial charge is 0.149 e. The van der Waals surface area contributed by atoms with E-state index in [9.17, 15) is 5.11 Å². The van der Waals surface area contributed by atoms with Gasteiger partial charge in [0.25, 0.3) is 0 Å². The Morgan fingerprint density at radius 1 is 0.538 bits per heavy atom. The normalized spacial score (nSPS) is 18.3. The molecule has 6 aromatic carbocycles. The summed E-state index contributed by atoms with van der Waals surface area (Å²) in [4.78, 5) is 10.0. The Morgan fingerprint density at radius 2 is 1.22 bits per heavy atom. The summed E-state index contributed by atoms with van der Waals surface area (Å²) >= 11 is 0. The van der Waals surface area contributed by atoms with Gasteiger partial charge in [0.15, 0.2) is 0 Å². The number of imidazole rings is 1. The molecule has 0 aliphatic rings. The zero-order valence-corrected chi connectivity index (χ0v) is 38.1. The van der Waals surface area contributed by atoms with Gasteiger partial charge in [-0.05, 0) is 121 Å². The quantitative estimate of drug-likeness (QED) is 0.174. The van der Waals surface area contributed by atoms with Gasteiger partial charge < -0.3 is 5.11 Å². The summed E-state index contributed by atoms with van der Waals surface area (Å²) in [5.74, 6) is -3.01. The van der Waals surface area contributed by atoms with Gasteiger partial charge in [-0.25, -0.2) is 4.98 Å². The third kappa shape index (κ3) is 9.06. The molecule has 8 aromatic rings. The molecule has 332 valence electrons. The zero-order valence-electron chi connectivity index (χ0n) is 57.1. The monoisotopic (exact) mass is 877 g/mol. The van der Waals surface area contributed by atoms with Crippen molar-refractivity contribution < 1.29 is 31.2 Å². The van der Waals surface area contributed by atoms with Crippen molar-refractivity contribution in [2.24, 2.45) is 0 Å². The van der Waals surface area contributed by atoms with Crippen LogP contribution < -0.4 is 0 Å². The Kier molecular flexibility index (Phi) is 6.98. The van der Waals surface area contributed by atoms with E-state index in [1.54, 1.807) is 86.8 Å². The molecule has 65 heavy (non-hydrogen) atoms. The summed E-state index contributed by atoms with van der Waals surface area (Å²) in [5, 5.41) is 13.1. The van der Waals surface area contributed by atoms with E-state index in [2.05, 4.69) is 45.0 Å². The number of hydrogen-bond donors (Lipinski definition) is 1. The lowest BCUT2D eigenvalue weighted by atomic mass is 9.79. The highest BCUT2D eigenvalue weighted by atomic mass is 16.3. The molecule has 0 saturated heterocycles. The molecular weight excluding hydrogens is 791 g/mol. The van der Waals surface area contributed by atoms with Crippen LogP contribution in [0.15, 0.2) is 140 Å². The highest BCUT2D eigenvalue weighted by molar-refractivity contribution is 5.98. The van der Waals surface area contributed by atoms with Crippen molar-refractivity contribution in [3.63, 3.8) is 0 Å². The molecular formula is C61H67N3O. The Bertz CT molecular complexity index is 3700. The van der Waals surface area contributed by atoms with Crippen LogP contribution >= 0.6 is 0 Å². The maximum absolute atomic E-state index is 13.1. The average Bonchev–Trinajstić information content (AvgIpc) is 0.806. The SMILES string of the molecule is [2H]C(C)(C)c1ccc(-n2c(-c3cc(C(C([2H])([2H])[2H])(C([2H])([2H])[2H])C([2H])([2H])[2H])cc(C(C([2H])([2H])[2H])(C([2H])([2H])[2H])C([2H])([2H])[2H])c3O)nc3c(-c4cc(-c5cc(-c6ccc(C(C)(C)C)cc6)ccn5)cc(C(C)(C)C)c4)cccc32)c(-c2ccccc2)c1. The molecule has 0 aliphatic heterocycles. The Morgan fingerprint density at radius 3 is 1.88 bits per heavy atom. The van der Waals surface area contributed by atoms with Crippen molar-refractivity contribution in [3.05, 3.63) is 167 Å². The fourth-order valence-electron chi connectivity index (χ4n) is 8.25. The van der Waals surface area contributed by atoms with Crippen molar-refractivity contribution in [3.8, 4) is 67.5 Å². The van der Waals surface area contributed by atoms with Gasteiger partial charge in [-0.15, -0.1) is 0 Å². The topological polar surface area (TPSA) is 50.9 Å². The van der Waals surface area contributed by atoms with Crippen molar-refractivity contribution >= 4 is 11.0 Å². The number of phenolic OH excluding ortho intramolecular Hbond substituents is 1. The van der Waals surface area contributed by atoms with Gasteiger partial charge in [-0.3, -0.25) is 9.55 Å². The van der Waals surface area contributed by atoms with E-state index in [0.29, 0.717) is 45.1 Å². The molecule has 4 heteroatoms. The van der Waals surface area contributed by atoms with E-state index in [0.717, 1.165) is 16.7 Å². The van der Waals surface area contributed by atoms with Crippen molar-refractivity contribution in [2.45, 2.75) is 124 Å². The van der Waals surface area contributed by atoms with E-state index in [-0.39, 0.29) is 28.2 Å². The van der Waals surface area contributed by atoms with Crippen LogP contribution in [0.5, 0.6) is 5.75 Å². The highest BCUT2D eigenvalue weighted by Crippen LogP contribution is 2.46. The number of fused-ring (bicyclic) bond motifs is 1.